The lowest BCUT2D eigenvalue weighted by molar-refractivity contribution is -0.124. The van der Waals surface area contributed by atoms with Crippen LogP contribution in [-0.4, -0.2) is 31.0 Å². The molecule has 2 heterocycles. The zero-order valence-electron chi connectivity index (χ0n) is 10.0. The average Bonchev–Trinajstić information content (AvgIpc) is 2.38. The Morgan fingerprint density at radius 3 is 3.18 bits per heavy atom. The van der Waals surface area contributed by atoms with E-state index in [1.165, 1.54) is 0 Å². The number of anilines is 2. The first-order valence-electron chi connectivity index (χ1n) is 5.89. The van der Waals surface area contributed by atoms with Crippen LogP contribution in [0.1, 0.15) is 12.8 Å². The highest BCUT2D eigenvalue weighted by Crippen LogP contribution is 2.23. The van der Waals surface area contributed by atoms with E-state index in [0.717, 1.165) is 31.6 Å². The molecule has 17 heavy (non-hydrogen) atoms. The molecule has 0 aliphatic carbocycles. The summed E-state index contributed by atoms with van der Waals surface area (Å²) in [5.74, 6) is 0.712. The van der Waals surface area contributed by atoms with E-state index in [9.17, 15) is 4.79 Å². The van der Waals surface area contributed by atoms with Crippen LogP contribution in [0.15, 0.2) is 18.3 Å². The number of hydrogen-bond donors (Lipinski definition) is 2. The van der Waals surface area contributed by atoms with E-state index < -0.39 is 0 Å². The molecule has 0 spiro atoms. The Morgan fingerprint density at radius 2 is 2.47 bits per heavy atom. The Kier molecular flexibility index (Phi) is 3.46. The monoisotopic (exact) mass is 234 g/mol. The van der Waals surface area contributed by atoms with E-state index in [0.29, 0.717) is 5.82 Å². The summed E-state index contributed by atoms with van der Waals surface area (Å²) >= 11 is 0. The third-order valence-electron chi connectivity index (χ3n) is 3.17. The Morgan fingerprint density at radius 1 is 1.65 bits per heavy atom. The van der Waals surface area contributed by atoms with E-state index in [1.54, 1.807) is 13.2 Å². The zero-order chi connectivity index (χ0) is 12.3. The molecule has 1 aromatic rings. The summed E-state index contributed by atoms with van der Waals surface area (Å²) in [6, 6.07) is 3.79. The van der Waals surface area contributed by atoms with Crippen molar-refractivity contribution in [1.29, 1.82) is 0 Å². The van der Waals surface area contributed by atoms with Crippen LogP contribution in [0.25, 0.3) is 0 Å². The van der Waals surface area contributed by atoms with E-state index in [2.05, 4.69) is 15.2 Å². The average molecular weight is 234 g/mol. The van der Waals surface area contributed by atoms with Crippen LogP contribution in [0, 0.1) is 5.92 Å². The molecule has 5 heteroatoms. The minimum atomic E-state index is 0.0724. The molecule has 1 atom stereocenters. The van der Waals surface area contributed by atoms with Gasteiger partial charge in [0.2, 0.25) is 5.91 Å². The third kappa shape index (κ3) is 2.67. The van der Waals surface area contributed by atoms with Gasteiger partial charge in [-0.1, -0.05) is 0 Å². The molecule has 92 valence electrons. The number of carbonyl (C=O) groups excluding carboxylic acids is 1. The van der Waals surface area contributed by atoms with Gasteiger partial charge in [0.15, 0.2) is 0 Å². The van der Waals surface area contributed by atoms with Crippen LogP contribution in [0.3, 0.4) is 0 Å². The summed E-state index contributed by atoms with van der Waals surface area (Å²) in [4.78, 5) is 17.8. The topological polar surface area (TPSA) is 71.2 Å². The number of carbonyl (C=O) groups is 1. The lowest BCUT2D eigenvalue weighted by Gasteiger charge is -2.33. The molecule has 1 unspecified atom stereocenters. The first kappa shape index (κ1) is 11.7. The first-order chi connectivity index (χ1) is 8.20. The second-order valence-electron chi connectivity index (χ2n) is 4.34. The standard InChI is InChI=1S/C12H18N4O/c1-14-12(17)9-3-2-6-16(8-9)10-4-5-15-11(13)7-10/h4-5,7,9H,2-3,6,8H2,1H3,(H2,13,15)(H,14,17). The normalized spacial score (nSPS) is 20.1. The minimum Gasteiger partial charge on any atom is -0.384 e. The number of aromatic nitrogens is 1. The molecule has 1 aliphatic rings. The summed E-state index contributed by atoms with van der Waals surface area (Å²) in [6.07, 6.45) is 3.69. The van der Waals surface area contributed by atoms with Crippen molar-refractivity contribution in [3.63, 3.8) is 0 Å². The zero-order valence-corrected chi connectivity index (χ0v) is 10.0. The molecular formula is C12H18N4O. The summed E-state index contributed by atoms with van der Waals surface area (Å²) in [6.45, 7) is 1.72. The van der Waals surface area contributed by atoms with E-state index in [1.807, 2.05) is 12.1 Å². The number of rotatable bonds is 2. The maximum atomic E-state index is 11.6. The number of nitrogens with two attached hydrogens (primary N) is 1. The Balaban J connectivity index is 2.09. The molecule has 1 aromatic heterocycles. The van der Waals surface area contributed by atoms with Crippen molar-refractivity contribution < 1.29 is 4.79 Å². The Hall–Kier alpha value is -1.78. The summed E-state index contributed by atoms with van der Waals surface area (Å²) < 4.78 is 0. The van der Waals surface area contributed by atoms with Crippen LogP contribution in [0.2, 0.25) is 0 Å². The van der Waals surface area contributed by atoms with Crippen molar-refractivity contribution in [3.05, 3.63) is 18.3 Å². The predicted octanol–water partition coefficient (Wildman–Crippen LogP) is 0.626. The molecule has 2 rings (SSSR count). The van der Waals surface area contributed by atoms with Crippen molar-refractivity contribution >= 4 is 17.4 Å². The summed E-state index contributed by atoms with van der Waals surface area (Å²) in [5, 5.41) is 2.72. The molecule has 1 aliphatic heterocycles. The molecule has 0 saturated carbocycles. The molecule has 1 fully saturated rings. The number of nitrogens with one attached hydrogen (secondary N) is 1. The molecule has 0 aromatic carbocycles. The van der Waals surface area contributed by atoms with E-state index in [-0.39, 0.29) is 11.8 Å². The molecule has 3 N–H and O–H groups in total. The van der Waals surface area contributed by atoms with Gasteiger partial charge in [0.05, 0.1) is 5.92 Å². The summed E-state index contributed by atoms with van der Waals surface area (Å²) in [7, 11) is 1.69. The number of nitrogen functional groups attached to an aromatic ring is 1. The van der Waals surface area contributed by atoms with E-state index in [4.69, 9.17) is 5.73 Å². The second-order valence-corrected chi connectivity index (χ2v) is 4.34. The maximum absolute atomic E-state index is 11.6. The van der Waals surface area contributed by atoms with Crippen LogP contribution in [0.4, 0.5) is 11.5 Å². The van der Waals surface area contributed by atoms with Gasteiger partial charge < -0.3 is 16.0 Å². The predicted molar refractivity (Wildman–Crippen MR) is 67.7 cm³/mol. The SMILES string of the molecule is CNC(=O)C1CCCN(c2ccnc(N)c2)C1. The number of hydrogen-bond acceptors (Lipinski definition) is 4. The lowest BCUT2D eigenvalue weighted by atomic mass is 9.97. The van der Waals surface area contributed by atoms with Gasteiger partial charge in [-0.05, 0) is 18.9 Å². The number of pyridine rings is 1. The van der Waals surface area contributed by atoms with Crippen LogP contribution in [-0.2, 0) is 4.79 Å². The quantitative estimate of drug-likeness (QED) is 0.787. The lowest BCUT2D eigenvalue weighted by Crippen LogP contribution is -2.42. The fraction of sp³-hybridized carbons (Fsp3) is 0.500. The Bertz CT molecular complexity index is 407. The minimum absolute atomic E-state index is 0.0724. The van der Waals surface area contributed by atoms with Crippen LogP contribution >= 0.6 is 0 Å². The molecular weight excluding hydrogens is 216 g/mol. The van der Waals surface area contributed by atoms with Crippen LogP contribution < -0.4 is 16.0 Å². The number of piperidine rings is 1. The van der Waals surface area contributed by atoms with Gasteiger partial charge >= 0.3 is 0 Å². The highest BCUT2D eigenvalue weighted by molar-refractivity contribution is 5.79. The third-order valence-corrected chi connectivity index (χ3v) is 3.17. The van der Waals surface area contributed by atoms with Crippen LogP contribution in [0.5, 0.6) is 0 Å². The number of amides is 1. The van der Waals surface area contributed by atoms with Crippen molar-refractivity contribution in [2.24, 2.45) is 5.92 Å². The number of nitrogens with zero attached hydrogens (tertiary/aromatic N) is 2. The van der Waals surface area contributed by atoms with Gasteiger partial charge in [-0.15, -0.1) is 0 Å². The first-order valence-corrected chi connectivity index (χ1v) is 5.89. The van der Waals surface area contributed by atoms with Crippen molar-refractivity contribution in [2.45, 2.75) is 12.8 Å². The summed E-state index contributed by atoms with van der Waals surface area (Å²) in [5.41, 5.74) is 6.72. The van der Waals surface area contributed by atoms with Gasteiger partial charge in [-0.3, -0.25) is 4.79 Å². The fourth-order valence-corrected chi connectivity index (χ4v) is 2.26. The molecule has 1 saturated heterocycles. The second kappa shape index (κ2) is 5.03. The Labute approximate surface area is 101 Å². The highest BCUT2D eigenvalue weighted by atomic mass is 16.1. The van der Waals surface area contributed by atoms with Gasteiger partial charge in [-0.25, -0.2) is 4.98 Å². The van der Waals surface area contributed by atoms with Gasteiger partial charge in [0.1, 0.15) is 5.82 Å². The molecule has 5 nitrogen and oxygen atoms in total. The molecule has 0 bridgehead atoms. The maximum Gasteiger partial charge on any atom is 0.224 e. The van der Waals surface area contributed by atoms with Gasteiger partial charge in [0, 0.05) is 38.1 Å². The smallest absolute Gasteiger partial charge is 0.224 e. The van der Waals surface area contributed by atoms with Gasteiger partial charge in [-0.2, -0.15) is 0 Å². The molecule has 0 radical (unpaired) electrons. The molecule has 1 amide bonds. The van der Waals surface area contributed by atoms with Crippen molar-refractivity contribution in [2.75, 3.05) is 30.8 Å². The highest BCUT2D eigenvalue weighted by Gasteiger charge is 2.25. The van der Waals surface area contributed by atoms with E-state index >= 15 is 0 Å². The van der Waals surface area contributed by atoms with Crippen molar-refractivity contribution in [1.82, 2.24) is 10.3 Å². The largest absolute Gasteiger partial charge is 0.384 e. The van der Waals surface area contributed by atoms with Crippen molar-refractivity contribution in [3.8, 4) is 0 Å². The fourth-order valence-electron chi connectivity index (χ4n) is 2.26. The van der Waals surface area contributed by atoms with Gasteiger partial charge in [0.25, 0.3) is 0 Å².